The predicted molar refractivity (Wildman–Crippen MR) is 94.9 cm³/mol. The van der Waals surface area contributed by atoms with Gasteiger partial charge in [0.1, 0.15) is 23.7 Å². The second kappa shape index (κ2) is 7.08. The van der Waals surface area contributed by atoms with Crippen molar-refractivity contribution in [2.24, 2.45) is 0 Å². The molecule has 134 valence electrons. The lowest BCUT2D eigenvalue weighted by Gasteiger charge is -2.08. The lowest BCUT2D eigenvalue weighted by Crippen LogP contribution is -2.10. The SMILES string of the molecule is Cc1nccn1-c1cc(Oc2ccc(NC(=O)c3ccno3)cc2)ncn1. The zero-order valence-corrected chi connectivity index (χ0v) is 14.2. The fraction of sp³-hybridized carbons (Fsp3) is 0.0556. The molecule has 1 aromatic carbocycles. The van der Waals surface area contributed by atoms with Crippen molar-refractivity contribution in [3.63, 3.8) is 0 Å². The number of anilines is 1. The third kappa shape index (κ3) is 3.66. The lowest BCUT2D eigenvalue weighted by atomic mass is 10.3. The van der Waals surface area contributed by atoms with Crippen LogP contribution in [0.25, 0.3) is 5.82 Å². The van der Waals surface area contributed by atoms with E-state index in [-0.39, 0.29) is 11.7 Å². The minimum Gasteiger partial charge on any atom is -0.439 e. The van der Waals surface area contributed by atoms with Crippen LogP contribution in [0.5, 0.6) is 11.6 Å². The van der Waals surface area contributed by atoms with Crippen LogP contribution in [0, 0.1) is 6.92 Å². The number of carbonyl (C=O) groups excluding carboxylic acids is 1. The molecule has 1 amide bonds. The molecule has 9 nitrogen and oxygen atoms in total. The highest BCUT2D eigenvalue weighted by Gasteiger charge is 2.10. The van der Waals surface area contributed by atoms with Crippen molar-refractivity contribution < 1.29 is 14.1 Å². The molecule has 0 spiro atoms. The van der Waals surface area contributed by atoms with Gasteiger partial charge in [-0.05, 0) is 31.2 Å². The number of carbonyl (C=O) groups is 1. The maximum Gasteiger partial charge on any atom is 0.294 e. The zero-order valence-electron chi connectivity index (χ0n) is 14.2. The summed E-state index contributed by atoms with van der Waals surface area (Å²) in [6.45, 7) is 1.88. The number of hydrogen-bond acceptors (Lipinski definition) is 7. The average Bonchev–Trinajstić information content (AvgIpc) is 3.35. The Hall–Kier alpha value is -4.01. The van der Waals surface area contributed by atoms with E-state index >= 15 is 0 Å². The van der Waals surface area contributed by atoms with Gasteiger partial charge in [0.25, 0.3) is 5.91 Å². The molecule has 4 aromatic rings. The number of rotatable bonds is 5. The standard InChI is InChI=1S/C18H14N6O3/c1-12-19-8-9-24(12)16-10-17(21-11-20-16)26-14-4-2-13(3-5-14)23-18(25)15-6-7-22-27-15/h2-11H,1H3,(H,23,25). The second-order valence-electron chi connectivity index (χ2n) is 5.52. The van der Waals surface area contributed by atoms with Crippen molar-refractivity contribution in [3.05, 3.63) is 72.9 Å². The number of nitrogens with one attached hydrogen (secondary N) is 1. The quantitative estimate of drug-likeness (QED) is 0.581. The molecule has 0 saturated carbocycles. The predicted octanol–water partition coefficient (Wildman–Crippen LogP) is 3.00. The van der Waals surface area contributed by atoms with E-state index in [1.807, 2.05) is 17.7 Å². The summed E-state index contributed by atoms with van der Waals surface area (Å²) in [5, 5.41) is 6.21. The number of nitrogens with zero attached hydrogens (tertiary/aromatic N) is 5. The van der Waals surface area contributed by atoms with Gasteiger partial charge in [-0.25, -0.2) is 15.0 Å². The monoisotopic (exact) mass is 362 g/mol. The van der Waals surface area contributed by atoms with Crippen molar-refractivity contribution in [2.75, 3.05) is 5.32 Å². The first-order valence-electron chi connectivity index (χ1n) is 8.01. The van der Waals surface area contributed by atoms with Crippen LogP contribution in [0.2, 0.25) is 0 Å². The van der Waals surface area contributed by atoms with Gasteiger partial charge in [0.05, 0.1) is 6.20 Å². The largest absolute Gasteiger partial charge is 0.439 e. The van der Waals surface area contributed by atoms with Crippen LogP contribution in [0.1, 0.15) is 16.4 Å². The van der Waals surface area contributed by atoms with Crippen molar-refractivity contribution in [2.45, 2.75) is 6.92 Å². The van der Waals surface area contributed by atoms with Crippen LogP contribution in [0.15, 0.2) is 65.8 Å². The molecule has 3 heterocycles. The van der Waals surface area contributed by atoms with Gasteiger partial charge < -0.3 is 14.6 Å². The van der Waals surface area contributed by atoms with E-state index in [0.717, 1.165) is 5.82 Å². The van der Waals surface area contributed by atoms with Crippen LogP contribution in [0.3, 0.4) is 0 Å². The topological polar surface area (TPSA) is 108 Å². The summed E-state index contributed by atoms with van der Waals surface area (Å²) in [4.78, 5) is 24.5. The number of imidazole rings is 1. The Morgan fingerprint density at radius 2 is 1.96 bits per heavy atom. The molecule has 4 rings (SSSR count). The summed E-state index contributed by atoms with van der Waals surface area (Å²) in [6, 6.07) is 10.1. The van der Waals surface area contributed by atoms with E-state index in [4.69, 9.17) is 9.26 Å². The van der Waals surface area contributed by atoms with Gasteiger partial charge in [0, 0.05) is 30.2 Å². The minimum absolute atomic E-state index is 0.138. The smallest absolute Gasteiger partial charge is 0.294 e. The maximum atomic E-state index is 11.9. The van der Waals surface area contributed by atoms with Gasteiger partial charge in [0.2, 0.25) is 11.6 Å². The number of ether oxygens (including phenoxy) is 1. The van der Waals surface area contributed by atoms with E-state index in [2.05, 4.69) is 25.4 Å². The number of aryl methyl sites for hydroxylation is 1. The Bertz CT molecular complexity index is 1060. The molecular weight excluding hydrogens is 348 g/mol. The highest BCUT2D eigenvalue weighted by Crippen LogP contribution is 2.23. The molecule has 0 saturated heterocycles. The molecule has 0 radical (unpaired) electrons. The molecule has 0 fully saturated rings. The van der Waals surface area contributed by atoms with E-state index in [0.29, 0.717) is 23.1 Å². The number of benzene rings is 1. The molecular formula is C18H14N6O3. The Labute approximate surface area is 153 Å². The molecule has 0 bridgehead atoms. The maximum absolute atomic E-state index is 11.9. The summed E-state index contributed by atoms with van der Waals surface area (Å²) in [5.74, 6) is 2.19. The summed E-state index contributed by atoms with van der Waals surface area (Å²) < 4.78 is 12.4. The van der Waals surface area contributed by atoms with Crippen LogP contribution in [0.4, 0.5) is 5.69 Å². The van der Waals surface area contributed by atoms with Gasteiger partial charge in [-0.1, -0.05) is 5.16 Å². The van der Waals surface area contributed by atoms with Crippen molar-refractivity contribution >= 4 is 11.6 Å². The first-order chi connectivity index (χ1) is 13.2. The van der Waals surface area contributed by atoms with Crippen LogP contribution in [-0.2, 0) is 0 Å². The van der Waals surface area contributed by atoms with Crippen LogP contribution >= 0.6 is 0 Å². The molecule has 9 heteroatoms. The average molecular weight is 362 g/mol. The van der Waals surface area contributed by atoms with E-state index < -0.39 is 0 Å². The van der Waals surface area contributed by atoms with Gasteiger partial charge in [-0.3, -0.25) is 9.36 Å². The number of hydrogen-bond donors (Lipinski definition) is 1. The highest BCUT2D eigenvalue weighted by molar-refractivity contribution is 6.02. The Morgan fingerprint density at radius 3 is 2.67 bits per heavy atom. The fourth-order valence-corrected chi connectivity index (χ4v) is 2.39. The van der Waals surface area contributed by atoms with Crippen molar-refractivity contribution in [1.82, 2.24) is 24.7 Å². The third-order valence-electron chi connectivity index (χ3n) is 3.70. The molecule has 0 atom stereocenters. The third-order valence-corrected chi connectivity index (χ3v) is 3.70. The van der Waals surface area contributed by atoms with E-state index in [9.17, 15) is 4.79 Å². The van der Waals surface area contributed by atoms with Crippen molar-refractivity contribution in [3.8, 4) is 17.4 Å². The Balaban J connectivity index is 1.46. The van der Waals surface area contributed by atoms with E-state index in [1.54, 1.807) is 36.5 Å². The molecule has 27 heavy (non-hydrogen) atoms. The summed E-state index contributed by atoms with van der Waals surface area (Å²) in [6.07, 6.45) is 6.35. The first-order valence-corrected chi connectivity index (χ1v) is 8.01. The molecule has 3 aromatic heterocycles. The van der Waals surface area contributed by atoms with Crippen LogP contribution < -0.4 is 10.1 Å². The summed E-state index contributed by atoms with van der Waals surface area (Å²) >= 11 is 0. The van der Waals surface area contributed by atoms with Crippen LogP contribution in [-0.4, -0.2) is 30.6 Å². The fourth-order valence-electron chi connectivity index (χ4n) is 2.39. The van der Waals surface area contributed by atoms with Gasteiger partial charge in [-0.2, -0.15) is 0 Å². The molecule has 0 aliphatic rings. The van der Waals surface area contributed by atoms with E-state index in [1.165, 1.54) is 18.6 Å². The zero-order chi connectivity index (χ0) is 18.6. The summed E-state index contributed by atoms with van der Waals surface area (Å²) in [7, 11) is 0. The molecule has 0 aliphatic carbocycles. The summed E-state index contributed by atoms with van der Waals surface area (Å²) in [5.41, 5.74) is 0.598. The van der Waals surface area contributed by atoms with Gasteiger partial charge in [0.15, 0.2) is 0 Å². The second-order valence-corrected chi connectivity index (χ2v) is 5.52. The Morgan fingerprint density at radius 1 is 1.11 bits per heavy atom. The number of amides is 1. The molecule has 0 aliphatic heterocycles. The lowest BCUT2D eigenvalue weighted by molar-refractivity contribution is 0.0988. The minimum atomic E-state index is -0.377. The van der Waals surface area contributed by atoms with Gasteiger partial charge in [-0.15, -0.1) is 0 Å². The van der Waals surface area contributed by atoms with Crippen molar-refractivity contribution in [1.29, 1.82) is 0 Å². The number of aromatic nitrogens is 5. The molecule has 0 unspecified atom stereocenters. The Kier molecular flexibility index (Phi) is 4.32. The first kappa shape index (κ1) is 16.5. The molecule has 1 N–H and O–H groups in total. The van der Waals surface area contributed by atoms with Gasteiger partial charge >= 0.3 is 0 Å². The highest BCUT2D eigenvalue weighted by atomic mass is 16.5. The normalized spacial score (nSPS) is 10.6.